The van der Waals surface area contributed by atoms with E-state index in [2.05, 4.69) is 0 Å². The lowest BCUT2D eigenvalue weighted by Crippen LogP contribution is -2.37. The Kier molecular flexibility index (Phi) is 3.06. The summed E-state index contributed by atoms with van der Waals surface area (Å²) in [6, 6.07) is 6.81. The molecule has 0 amide bonds. The number of halogens is 1. The normalized spacial score (nSPS) is 18.5. The van der Waals surface area contributed by atoms with Crippen LogP contribution in [-0.4, -0.2) is 6.54 Å². The third-order valence-corrected chi connectivity index (χ3v) is 3.70. The average Bonchev–Trinajstić information content (AvgIpc) is 2.20. The summed E-state index contributed by atoms with van der Waals surface area (Å²) < 4.78 is 12.7. The first-order valence-electron chi connectivity index (χ1n) is 5.69. The first kappa shape index (κ1) is 10.6. The van der Waals surface area contributed by atoms with Gasteiger partial charge in [0.2, 0.25) is 0 Å². The molecule has 2 rings (SSSR count). The Morgan fingerprint density at radius 2 is 1.87 bits per heavy atom. The van der Waals surface area contributed by atoms with E-state index in [-0.39, 0.29) is 5.82 Å². The molecular weight excluding hydrogens is 189 g/mol. The topological polar surface area (TPSA) is 26.0 Å². The van der Waals surface area contributed by atoms with E-state index in [1.54, 1.807) is 0 Å². The minimum atomic E-state index is -0.157. The van der Waals surface area contributed by atoms with Gasteiger partial charge in [-0.15, -0.1) is 0 Å². The summed E-state index contributed by atoms with van der Waals surface area (Å²) in [5.74, 6) is -0.157. The second-order valence-corrected chi connectivity index (χ2v) is 4.68. The van der Waals surface area contributed by atoms with Gasteiger partial charge in [0, 0.05) is 0 Å². The molecule has 15 heavy (non-hydrogen) atoms. The van der Waals surface area contributed by atoms with E-state index in [0.29, 0.717) is 5.41 Å². The van der Waals surface area contributed by atoms with Crippen molar-refractivity contribution in [3.63, 3.8) is 0 Å². The van der Waals surface area contributed by atoms with Gasteiger partial charge in [0.1, 0.15) is 5.82 Å². The number of benzene rings is 1. The number of aryl methyl sites for hydroxylation is 1. The van der Waals surface area contributed by atoms with Gasteiger partial charge < -0.3 is 5.73 Å². The summed E-state index contributed by atoms with van der Waals surface area (Å²) in [7, 11) is 0. The summed E-state index contributed by atoms with van der Waals surface area (Å²) in [5.41, 5.74) is 7.41. The summed E-state index contributed by atoms with van der Waals surface area (Å²) in [6.45, 7) is 0.800. The number of rotatable bonds is 4. The molecule has 0 radical (unpaired) electrons. The molecule has 1 saturated carbocycles. The molecule has 0 atom stereocenters. The predicted molar refractivity (Wildman–Crippen MR) is 60.1 cm³/mol. The molecule has 0 bridgehead atoms. The van der Waals surface area contributed by atoms with Crippen molar-refractivity contribution in [3.8, 4) is 0 Å². The highest BCUT2D eigenvalue weighted by Gasteiger charge is 2.34. The fourth-order valence-corrected chi connectivity index (χ4v) is 2.29. The van der Waals surface area contributed by atoms with Crippen LogP contribution in [0.2, 0.25) is 0 Å². The molecule has 0 aliphatic heterocycles. The molecule has 0 unspecified atom stereocenters. The number of nitrogens with two attached hydrogens (primary N) is 1. The van der Waals surface area contributed by atoms with Crippen LogP contribution in [0.5, 0.6) is 0 Å². The molecule has 1 nitrogen and oxygen atoms in total. The fourth-order valence-electron chi connectivity index (χ4n) is 2.29. The lowest BCUT2D eigenvalue weighted by Gasteiger charge is -2.41. The van der Waals surface area contributed by atoms with Crippen molar-refractivity contribution in [2.75, 3.05) is 6.54 Å². The molecule has 0 aromatic heterocycles. The van der Waals surface area contributed by atoms with Crippen molar-refractivity contribution >= 4 is 0 Å². The molecular formula is C13H18FN. The molecule has 1 aliphatic carbocycles. The molecule has 82 valence electrons. The molecule has 1 aromatic carbocycles. The maximum absolute atomic E-state index is 12.7. The van der Waals surface area contributed by atoms with Crippen molar-refractivity contribution in [1.82, 2.24) is 0 Å². The molecule has 2 heteroatoms. The van der Waals surface area contributed by atoms with Gasteiger partial charge in [0.05, 0.1) is 0 Å². The Morgan fingerprint density at radius 3 is 2.33 bits per heavy atom. The highest BCUT2D eigenvalue weighted by atomic mass is 19.1. The van der Waals surface area contributed by atoms with Crippen LogP contribution in [0, 0.1) is 11.2 Å². The predicted octanol–water partition coefficient (Wildman–Crippen LogP) is 2.89. The van der Waals surface area contributed by atoms with Crippen LogP contribution < -0.4 is 5.73 Å². The third-order valence-electron chi connectivity index (χ3n) is 3.70. The number of hydrogen-bond donors (Lipinski definition) is 1. The Labute approximate surface area is 90.5 Å². The lowest BCUT2D eigenvalue weighted by molar-refractivity contribution is 0.131. The first-order valence-corrected chi connectivity index (χ1v) is 5.69. The molecule has 1 aliphatic rings. The molecule has 0 heterocycles. The zero-order valence-corrected chi connectivity index (χ0v) is 9.01. The van der Waals surface area contributed by atoms with Gasteiger partial charge in [0.15, 0.2) is 0 Å². The van der Waals surface area contributed by atoms with E-state index in [4.69, 9.17) is 5.73 Å². The minimum Gasteiger partial charge on any atom is -0.330 e. The van der Waals surface area contributed by atoms with Crippen LogP contribution in [0.4, 0.5) is 4.39 Å². The first-order chi connectivity index (χ1) is 7.24. The zero-order valence-electron chi connectivity index (χ0n) is 9.01. The summed E-state index contributed by atoms with van der Waals surface area (Å²) in [4.78, 5) is 0. The van der Waals surface area contributed by atoms with Gasteiger partial charge >= 0.3 is 0 Å². The maximum Gasteiger partial charge on any atom is 0.123 e. The second-order valence-electron chi connectivity index (χ2n) is 4.68. The smallest absolute Gasteiger partial charge is 0.123 e. The SMILES string of the molecule is NCC1(CCc2ccc(F)cc2)CCC1. The van der Waals surface area contributed by atoms with Crippen LogP contribution in [-0.2, 0) is 6.42 Å². The lowest BCUT2D eigenvalue weighted by atomic mass is 9.66. The standard InChI is InChI=1S/C13H18FN/c14-12-4-2-11(3-5-12)6-9-13(10-15)7-1-8-13/h2-5H,1,6-10,15H2. The van der Waals surface area contributed by atoms with E-state index in [9.17, 15) is 4.39 Å². The van der Waals surface area contributed by atoms with Gasteiger partial charge in [-0.05, 0) is 55.3 Å². The van der Waals surface area contributed by atoms with E-state index < -0.39 is 0 Å². The second kappa shape index (κ2) is 4.31. The van der Waals surface area contributed by atoms with Crippen molar-refractivity contribution in [2.45, 2.75) is 32.1 Å². The largest absolute Gasteiger partial charge is 0.330 e. The average molecular weight is 207 g/mol. The van der Waals surface area contributed by atoms with E-state index in [1.807, 2.05) is 12.1 Å². The van der Waals surface area contributed by atoms with Crippen molar-refractivity contribution in [1.29, 1.82) is 0 Å². The Hall–Kier alpha value is -0.890. The highest BCUT2D eigenvalue weighted by Crippen LogP contribution is 2.43. The van der Waals surface area contributed by atoms with E-state index >= 15 is 0 Å². The Morgan fingerprint density at radius 1 is 1.20 bits per heavy atom. The molecule has 1 aromatic rings. The van der Waals surface area contributed by atoms with Crippen LogP contribution in [0.3, 0.4) is 0 Å². The van der Waals surface area contributed by atoms with Gasteiger partial charge in [-0.2, -0.15) is 0 Å². The monoisotopic (exact) mass is 207 g/mol. The van der Waals surface area contributed by atoms with Gasteiger partial charge in [0.25, 0.3) is 0 Å². The van der Waals surface area contributed by atoms with Gasteiger partial charge in [-0.25, -0.2) is 4.39 Å². The van der Waals surface area contributed by atoms with Crippen LogP contribution >= 0.6 is 0 Å². The van der Waals surface area contributed by atoms with Crippen LogP contribution in [0.25, 0.3) is 0 Å². The van der Waals surface area contributed by atoms with Gasteiger partial charge in [-0.3, -0.25) is 0 Å². The van der Waals surface area contributed by atoms with E-state index in [1.165, 1.54) is 37.0 Å². The van der Waals surface area contributed by atoms with Crippen molar-refractivity contribution < 1.29 is 4.39 Å². The Bertz CT molecular complexity index is 308. The molecule has 1 fully saturated rings. The third kappa shape index (κ3) is 2.37. The Balaban J connectivity index is 1.90. The van der Waals surface area contributed by atoms with Crippen LogP contribution in [0.1, 0.15) is 31.2 Å². The van der Waals surface area contributed by atoms with Crippen LogP contribution in [0.15, 0.2) is 24.3 Å². The maximum atomic E-state index is 12.7. The van der Waals surface area contributed by atoms with Crippen molar-refractivity contribution in [3.05, 3.63) is 35.6 Å². The van der Waals surface area contributed by atoms with Gasteiger partial charge in [-0.1, -0.05) is 18.6 Å². The fraction of sp³-hybridized carbons (Fsp3) is 0.538. The van der Waals surface area contributed by atoms with E-state index in [0.717, 1.165) is 19.4 Å². The highest BCUT2D eigenvalue weighted by molar-refractivity contribution is 5.16. The quantitative estimate of drug-likeness (QED) is 0.807. The molecule has 0 spiro atoms. The zero-order chi connectivity index (χ0) is 10.7. The summed E-state index contributed by atoms with van der Waals surface area (Å²) in [6.07, 6.45) is 6.03. The summed E-state index contributed by atoms with van der Waals surface area (Å²) >= 11 is 0. The molecule has 0 saturated heterocycles. The molecule has 2 N–H and O–H groups in total. The minimum absolute atomic E-state index is 0.157. The number of hydrogen-bond acceptors (Lipinski definition) is 1. The summed E-state index contributed by atoms with van der Waals surface area (Å²) in [5, 5.41) is 0. The van der Waals surface area contributed by atoms with Crippen molar-refractivity contribution in [2.24, 2.45) is 11.1 Å².